The number of piperidine rings is 1. The number of rotatable bonds is 6. The summed E-state index contributed by atoms with van der Waals surface area (Å²) in [6, 6.07) is 8.52. The average molecular weight is 406 g/mol. The first kappa shape index (κ1) is 20.1. The Morgan fingerprint density at radius 2 is 1.96 bits per heavy atom. The normalized spacial score (nSPS) is 14.8. The van der Waals surface area contributed by atoms with Gasteiger partial charge in [-0.3, -0.25) is 9.52 Å². The third-order valence-electron chi connectivity index (χ3n) is 4.58. The Hall–Kier alpha value is -2.61. The highest BCUT2D eigenvalue weighted by atomic mass is 32.2. The summed E-state index contributed by atoms with van der Waals surface area (Å²) < 4.78 is 46.7. The molecule has 6 nitrogen and oxygen atoms in total. The van der Waals surface area contributed by atoms with Crippen molar-refractivity contribution >= 4 is 27.3 Å². The van der Waals surface area contributed by atoms with Crippen molar-refractivity contribution in [3.8, 4) is 5.75 Å². The molecule has 1 saturated heterocycles. The van der Waals surface area contributed by atoms with Gasteiger partial charge in [-0.2, -0.15) is 0 Å². The molecule has 1 aliphatic rings. The van der Waals surface area contributed by atoms with Crippen LogP contribution in [0.25, 0.3) is 0 Å². The number of nitrogens with zero attached hydrogens (tertiary/aromatic N) is 1. The van der Waals surface area contributed by atoms with E-state index in [2.05, 4.69) is 4.72 Å². The van der Waals surface area contributed by atoms with Crippen LogP contribution in [-0.2, 0) is 14.8 Å². The van der Waals surface area contributed by atoms with Crippen LogP contribution in [0.4, 0.5) is 15.8 Å². The summed E-state index contributed by atoms with van der Waals surface area (Å²) >= 11 is 0. The van der Waals surface area contributed by atoms with Gasteiger partial charge in [0.25, 0.3) is 10.0 Å². The van der Waals surface area contributed by atoms with Crippen LogP contribution < -0.4 is 14.4 Å². The van der Waals surface area contributed by atoms with Crippen LogP contribution in [0.1, 0.15) is 31.7 Å². The lowest BCUT2D eigenvalue weighted by molar-refractivity contribution is -0.119. The smallest absolute Gasteiger partial charge is 0.262 e. The highest BCUT2D eigenvalue weighted by Gasteiger charge is 2.22. The Labute approximate surface area is 164 Å². The van der Waals surface area contributed by atoms with E-state index in [1.165, 1.54) is 12.1 Å². The molecule has 1 heterocycles. The maximum atomic E-state index is 14.0. The van der Waals surface area contributed by atoms with Crippen molar-refractivity contribution < 1.29 is 22.3 Å². The summed E-state index contributed by atoms with van der Waals surface area (Å²) in [5.74, 6) is -0.653. The second-order valence-corrected chi connectivity index (χ2v) is 8.32. The molecule has 0 radical (unpaired) electrons. The first-order chi connectivity index (χ1) is 13.3. The number of hydrogen-bond acceptors (Lipinski definition) is 4. The number of amides is 1. The van der Waals surface area contributed by atoms with Gasteiger partial charge in [0.2, 0.25) is 5.91 Å². The van der Waals surface area contributed by atoms with Crippen molar-refractivity contribution in [3.05, 3.63) is 47.8 Å². The van der Waals surface area contributed by atoms with E-state index in [0.29, 0.717) is 18.7 Å². The third kappa shape index (κ3) is 4.27. The number of carbonyl (C=O) groups excluding carboxylic acids is 1. The molecule has 0 bridgehead atoms. The molecular weight excluding hydrogens is 383 g/mol. The molecule has 0 aromatic heterocycles. The molecule has 1 aliphatic heterocycles. The molecule has 150 valence electrons. The zero-order valence-corrected chi connectivity index (χ0v) is 16.7. The zero-order valence-electron chi connectivity index (χ0n) is 15.9. The fourth-order valence-corrected chi connectivity index (χ4v) is 4.28. The Morgan fingerprint density at radius 3 is 2.61 bits per heavy atom. The molecule has 2 aromatic carbocycles. The number of carbonyl (C=O) groups is 1. The molecule has 0 aliphatic carbocycles. The van der Waals surface area contributed by atoms with E-state index in [9.17, 15) is 17.6 Å². The molecule has 2 aromatic rings. The Kier molecular flexibility index (Phi) is 5.88. The van der Waals surface area contributed by atoms with E-state index in [0.717, 1.165) is 30.2 Å². The SMILES string of the molecule is CCOc1ccc(S(=O)(=O)Nc2ccc(N3CCCCC3=O)c(C)c2)cc1F. The van der Waals surface area contributed by atoms with Gasteiger partial charge in [0.1, 0.15) is 0 Å². The molecule has 1 fully saturated rings. The topological polar surface area (TPSA) is 75.7 Å². The van der Waals surface area contributed by atoms with Crippen LogP contribution in [0.5, 0.6) is 5.75 Å². The van der Waals surface area contributed by atoms with Crippen LogP contribution in [0.2, 0.25) is 0 Å². The molecule has 0 spiro atoms. The minimum Gasteiger partial charge on any atom is -0.491 e. The highest BCUT2D eigenvalue weighted by molar-refractivity contribution is 7.92. The Bertz CT molecular complexity index is 992. The van der Waals surface area contributed by atoms with Gasteiger partial charge in [-0.05, 0) is 68.7 Å². The summed E-state index contributed by atoms with van der Waals surface area (Å²) in [6.07, 6.45) is 2.37. The van der Waals surface area contributed by atoms with Crippen molar-refractivity contribution in [2.75, 3.05) is 22.8 Å². The fourth-order valence-electron chi connectivity index (χ4n) is 3.22. The summed E-state index contributed by atoms with van der Waals surface area (Å²) in [6.45, 7) is 4.49. The number of anilines is 2. The average Bonchev–Trinajstić information content (AvgIpc) is 2.64. The standard InChI is InChI=1S/C20H23FN2O4S/c1-3-27-19-10-8-16(13-17(19)21)28(25,26)22-15-7-9-18(14(2)12-15)23-11-5-4-6-20(23)24/h7-10,12-13,22H,3-6,11H2,1-2H3. The van der Waals surface area contributed by atoms with Crippen LogP contribution >= 0.6 is 0 Å². The molecule has 0 unspecified atom stereocenters. The van der Waals surface area contributed by atoms with Gasteiger partial charge in [0.05, 0.1) is 11.5 Å². The predicted molar refractivity (Wildman–Crippen MR) is 106 cm³/mol. The molecule has 0 atom stereocenters. The van der Waals surface area contributed by atoms with Crippen molar-refractivity contribution in [2.45, 2.75) is 38.0 Å². The third-order valence-corrected chi connectivity index (χ3v) is 5.96. The zero-order chi connectivity index (χ0) is 20.3. The number of halogens is 1. The summed E-state index contributed by atoms with van der Waals surface area (Å²) in [5, 5.41) is 0. The van der Waals surface area contributed by atoms with Crippen LogP contribution in [-0.4, -0.2) is 27.5 Å². The van der Waals surface area contributed by atoms with E-state index in [-0.39, 0.29) is 23.2 Å². The largest absolute Gasteiger partial charge is 0.491 e. The van der Waals surface area contributed by atoms with Crippen molar-refractivity contribution in [2.24, 2.45) is 0 Å². The monoisotopic (exact) mass is 406 g/mol. The number of nitrogens with one attached hydrogen (secondary N) is 1. The molecule has 0 saturated carbocycles. The van der Waals surface area contributed by atoms with Gasteiger partial charge in [-0.1, -0.05) is 0 Å². The van der Waals surface area contributed by atoms with Crippen LogP contribution in [0.15, 0.2) is 41.3 Å². The van der Waals surface area contributed by atoms with Crippen LogP contribution in [0, 0.1) is 12.7 Å². The molecule has 1 N–H and O–H groups in total. The number of hydrogen-bond donors (Lipinski definition) is 1. The van der Waals surface area contributed by atoms with E-state index in [1.807, 2.05) is 6.92 Å². The number of ether oxygens (including phenoxy) is 1. The van der Waals surface area contributed by atoms with Crippen LogP contribution in [0.3, 0.4) is 0 Å². The maximum Gasteiger partial charge on any atom is 0.262 e. The molecule has 8 heteroatoms. The second-order valence-electron chi connectivity index (χ2n) is 6.63. The molecule has 28 heavy (non-hydrogen) atoms. The minimum absolute atomic E-state index is 0.00726. The number of benzene rings is 2. The van der Waals surface area contributed by atoms with Crippen molar-refractivity contribution in [1.82, 2.24) is 0 Å². The number of aryl methyl sites for hydroxylation is 1. The van der Waals surface area contributed by atoms with Gasteiger partial charge in [-0.25, -0.2) is 12.8 Å². The summed E-state index contributed by atoms with van der Waals surface area (Å²) in [7, 11) is -3.96. The van der Waals surface area contributed by atoms with Gasteiger partial charge < -0.3 is 9.64 Å². The Balaban J connectivity index is 1.82. The maximum absolute atomic E-state index is 14.0. The minimum atomic E-state index is -3.96. The lowest BCUT2D eigenvalue weighted by Crippen LogP contribution is -2.35. The van der Waals surface area contributed by atoms with E-state index >= 15 is 0 Å². The number of sulfonamides is 1. The molecule has 1 amide bonds. The first-order valence-electron chi connectivity index (χ1n) is 9.18. The predicted octanol–water partition coefficient (Wildman–Crippen LogP) is 3.85. The van der Waals surface area contributed by atoms with Gasteiger partial charge >= 0.3 is 0 Å². The lowest BCUT2D eigenvalue weighted by Gasteiger charge is -2.28. The fraction of sp³-hybridized carbons (Fsp3) is 0.350. The second kappa shape index (κ2) is 8.18. The summed E-state index contributed by atoms with van der Waals surface area (Å²) in [5.41, 5.74) is 1.91. The van der Waals surface area contributed by atoms with E-state index in [1.54, 1.807) is 30.0 Å². The quantitative estimate of drug-likeness (QED) is 0.791. The van der Waals surface area contributed by atoms with E-state index < -0.39 is 15.8 Å². The van der Waals surface area contributed by atoms with Gasteiger partial charge in [0, 0.05) is 24.3 Å². The van der Waals surface area contributed by atoms with E-state index in [4.69, 9.17) is 4.74 Å². The Morgan fingerprint density at radius 1 is 1.18 bits per heavy atom. The lowest BCUT2D eigenvalue weighted by atomic mass is 10.1. The van der Waals surface area contributed by atoms with Crippen molar-refractivity contribution in [3.63, 3.8) is 0 Å². The summed E-state index contributed by atoms with van der Waals surface area (Å²) in [4.78, 5) is 13.7. The van der Waals surface area contributed by atoms with Gasteiger partial charge in [-0.15, -0.1) is 0 Å². The molecule has 3 rings (SSSR count). The van der Waals surface area contributed by atoms with Gasteiger partial charge in [0.15, 0.2) is 11.6 Å². The highest BCUT2D eigenvalue weighted by Crippen LogP contribution is 2.28. The molecular formula is C20H23FN2O4S. The van der Waals surface area contributed by atoms with Crippen molar-refractivity contribution in [1.29, 1.82) is 0 Å². The first-order valence-corrected chi connectivity index (χ1v) is 10.7.